The summed E-state index contributed by atoms with van der Waals surface area (Å²) in [5, 5.41) is 2.96. The third-order valence-electron chi connectivity index (χ3n) is 3.02. The molecule has 0 unspecified atom stereocenters. The van der Waals surface area contributed by atoms with Crippen LogP contribution in [-0.2, 0) is 20.7 Å². The van der Waals surface area contributed by atoms with Crippen LogP contribution in [-0.4, -0.2) is 24.2 Å². The Morgan fingerprint density at radius 3 is 2.44 bits per heavy atom. The Kier molecular flexibility index (Phi) is 7.21. The quantitative estimate of drug-likeness (QED) is 0.567. The molecule has 25 heavy (non-hydrogen) atoms. The number of esters is 1. The molecule has 0 aromatic heterocycles. The zero-order valence-electron chi connectivity index (χ0n) is 12.9. The average molecular weight is 386 g/mol. The second-order valence-electron chi connectivity index (χ2n) is 4.88. The van der Waals surface area contributed by atoms with E-state index < -0.39 is 24.2 Å². The number of anilines is 1. The number of hydrogen-bond acceptors (Lipinski definition) is 4. The monoisotopic (exact) mass is 385 g/mol. The van der Waals surface area contributed by atoms with Crippen molar-refractivity contribution in [2.75, 3.05) is 11.9 Å². The Hall–Kier alpha value is -2.12. The van der Waals surface area contributed by atoms with Crippen LogP contribution < -0.4 is 5.32 Å². The molecule has 0 aliphatic heterocycles. The van der Waals surface area contributed by atoms with Gasteiger partial charge < -0.3 is 10.1 Å². The minimum absolute atomic E-state index is 0.0352. The van der Waals surface area contributed by atoms with Crippen molar-refractivity contribution in [1.82, 2.24) is 0 Å². The van der Waals surface area contributed by atoms with Gasteiger partial charge in [0.2, 0.25) is 0 Å². The molecule has 0 fully saturated rings. The second kappa shape index (κ2) is 9.39. The van der Waals surface area contributed by atoms with Gasteiger partial charge in [0.25, 0.3) is 11.7 Å². The maximum absolute atomic E-state index is 12.2. The van der Waals surface area contributed by atoms with Crippen LogP contribution >= 0.6 is 23.4 Å². The maximum Gasteiger partial charge on any atom is 0.310 e. The molecule has 4 nitrogen and oxygen atoms in total. The molecule has 0 bridgehead atoms. The average Bonchev–Trinajstić information content (AvgIpc) is 2.56. The lowest BCUT2D eigenvalue weighted by Gasteiger charge is -2.08. The van der Waals surface area contributed by atoms with Crippen LogP contribution in [0.15, 0.2) is 53.4 Å². The molecule has 1 amide bonds. The fourth-order valence-corrected chi connectivity index (χ4v) is 2.61. The summed E-state index contributed by atoms with van der Waals surface area (Å²) in [6.07, 6.45) is -0.0352. The predicted molar refractivity (Wildman–Crippen MR) is 93.0 cm³/mol. The molecule has 2 aromatic carbocycles. The summed E-state index contributed by atoms with van der Waals surface area (Å²) < 4.78 is 29.3. The van der Waals surface area contributed by atoms with Gasteiger partial charge in [-0.3, -0.25) is 9.59 Å². The van der Waals surface area contributed by atoms with Gasteiger partial charge in [0.1, 0.15) is 0 Å². The molecular formula is C17H14ClF2NO3S. The standard InChI is InChI=1S/C17H14ClF2NO3S/c18-14-4-2-1-3-11(14)9-16(23)24-10-15(22)21-12-5-7-13(8-6-12)25-17(19)20/h1-8,17H,9-10H2,(H,21,22). The molecule has 0 radical (unpaired) electrons. The lowest BCUT2D eigenvalue weighted by atomic mass is 10.1. The first-order valence-corrected chi connectivity index (χ1v) is 8.43. The molecule has 0 saturated heterocycles. The zero-order valence-corrected chi connectivity index (χ0v) is 14.4. The molecule has 0 spiro atoms. The van der Waals surface area contributed by atoms with Crippen LogP contribution in [0.2, 0.25) is 5.02 Å². The lowest BCUT2D eigenvalue weighted by molar-refractivity contribution is -0.146. The number of carbonyl (C=O) groups excluding carboxylic acids is 2. The highest BCUT2D eigenvalue weighted by molar-refractivity contribution is 7.99. The topological polar surface area (TPSA) is 55.4 Å². The predicted octanol–water partition coefficient (Wildman–Crippen LogP) is 4.38. The van der Waals surface area contributed by atoms with Crippen LogP contribution in [0.4, 0.5) is 14.5 Å². The summed E-state index contributed by atoms with van der Waals surface area (Å²) in [7, 11) is 0. The minimum Gasteiger partial charge on any atom is -0.455 e. The van der Waals surface area contributed by atoms with E-state index in [1.54, 1.807) is 24.3 Å². The normalized spacial score (nSPS) is 10.6. The Morgan fingerprint density at radius 2 is 1.80 bits per heavy atom. The third-order valence-corrected chi connectivity index (χ3v) is 4.11. The van der Waals surface area contributed by atoms with Crippen LogP contribution in [0.5, 0.6) is 0 Å². The summed E-state index contributed by atoms with van der Waals surface area (Å²) >= 11 is 6.36. The van der Waals surface area contributed by atoms with Gasteiger partial charge in [0.05, 0.1) is 6.42 Å². The smallest absolute Gasteiger partial charge is 0.310 e. The molecule has 1 N–H and O–H groups in total. The molecule has 2 aromatic rings. The van der Waals surface area contributed by atoms with Crippen molar-refractivity contribution in [3.63, 3.8) is 0 Å². The largest absolute Gasteiger partial charge is 0.455 e. The molecule has 0 heterocycles. The molecule has 8 heteroatoms. The highest BCUT2D eigenvalue weighted by atomic mass is 35.5. The van der Waals surface area contributed by atoms with Crippen molar-refractivity contribution in [1.29, 1.82) is 0 Å². The van der Waals surface area contributed by atoms with E-state index in [-0.39, 0.29) is 6.42 Å². The molecule has 132 valence electrons. The number of alkyl halides is 2. The van der Waals surface area contributed by atoms with Gasteiger partial charge >= 0.3 is 5.97 Å². The number of halogens is 3. The van der Waals surface area contributed by atoms with E-state index in [0.29, 0.717) is 32.9 Å². The van der Waals surface area contributed by atoms with Crippen molar-refractivity contribution in [2.45, 2.75) is 17.1 Å². The maximum atomic E-state index is 12.2. The van der Waals surface area contributed by atoms with Gasteiger partial charge in [0, 0.05) is 15.6 Å². The number of thioether (sulfide) groups is 1. The Morgan fingerprint density at radius 1 is 1.12 bits per heavy atom. The number of rotatable bonds is 7. The van der Waals surface area contributed by atoms with Gasteiger partial charge in [-0.25, -0.2) is 0 Å². The van der Waals surface area contributed by atoms with E-state index in [1.165, 1.54) is 24.3 Å². The highest BCUT2D eigenvalue weighted by Gasteiger charge is 2.11. The Bertz CT molecular complexity index is 741. The van der Waals surface area contributed by atoms with Crippen molar-refractivity contribution in [3.8, 4) is 0 Å². The van der Waals surface area contributed by atoms with Crippen molar-refractivity contribution >= 4 is 40.9 Å². The summed E-state index contributed by atoms with van der Waals surface area (Å²) in [5.74, 6) is -3.60. The molecule has 0 aliphatic carbocycles. The zero-order chi connectivity index (χ0) is 18.2. The van der Waals surface area contributed by atoms with E-state index >= 15 is 0 Å². The van der Waals surface area contributed by atoms with Gasteiger partial charge in [-0.15, -0.1) is 0 Å². The number of hydrogen-bond donors (Lipinski definition) is 1. The summed E-state index contributed by atoms with van der Waals surface area (Å²) in [4.78, 5) is 23.9. The van der Waals surface area contributed by atoms with Crippen LogP contribution in [0, 0.1) is 0 Å². The first-order chi connectivity index (χ1) is 11.9. The van der Waals surface area contributed by atoms with Crippen LogP contribution in [0.3, 0.4) is 0 Å². The van der Waals surface area contributed by atoms with Gasteiger partial charge in [-0.05, 0) is 35.9 Å². The first kappa shape index (κ1) is 19.2. The Balaban J connectivity index is 1.78. The summed E-state index contributed by atoms with van der Waals surface area (Å²) in [6, 6.07) is 12.8. The third kappa shape index (κ3) is 6.72. The first-order valence-electron chi connectivity index (χ1n) is 7.18. The molecule has 2 rings (SSSR count). The van der Waals surface area contributed by atoms with Crippen molar-refractivity contribution < 1.29 is 23.1 Å². The fraction of sp³-hybridized carbons (Fsp3) is 0.176. The SMILES string of the molecule is O=C(COC(=O)Cc1ccccc1Cl)Nc1ccc(SC(F)F)cc1. The van der Waals surface area contributed by atoms with Gasteiger partial charge in [0.15, 0.2) is 6.61 Å². The van der Waals surface area contributed by atoms with E-state index in [1.807, 2.05) is 0 Å². The fourth-order valence-electron chi connectivity index (χ4n) is 1.91. The molecule has 0 saturated carbocycles. The number of nitrogens with one attached hydrogen (secondary N) is 1. The van der Waals surface area contributed by atoms with E-state index in [9.17, 15) is 18.4 Å². The lowest BCUT2D eigenvalue weighted by Crippen LogP contribution is -2.21. The molecule has 0 atom stereocenters. The van der Waals surface area contributed by atoms with E-state index in [0.717, 1.165) is 0 Å². The van der Waals surface area contributed by atoms with E-state index in [2.05, 4.69) is 5.32 Å². The second-order valence-corrected chi connectivity index (χ2v) is 6.35. The number of benzene rings is 2. The van der Waals surface area contributed by atoms with E-state index in [4.69, 9.17) is 16.3 Å². The van der Waals surface area contributed by atoms with Crippen LogP contribution in [0.1, 0.15) is 5.56 Å². The minimum atomic E-state index is -2.50. The highest BCUT2D eigenvalue weighted by Crippen LogP contribution is 2.26. The van der Waals surface area contributed by atoms with Crippen molar-refractivity contribution in [3.05, 3.63) is 59.1 Å². The molecule has 0 aliphatic rings. The van der Waals surface area contributed by atoms with Crippen molar-refractivity contribution in [2.24, 2.45) is 0 Å². The summed E-state index contributed by atoms with van der Waals surface area (Å²) in [6.45, 7) is -0.448. The molecular weight excluding hydrogens is 372 g/mol. The Labute approximate surface area is 152 Å². The number of carbonyl (C=O) groups is 2. The van der Waals surface area contributed by atoms with Gasteiger partial charge in [-0.1, -0.05) is 41.6 Å². The summed E-state index contributed by atoms with van der Waals surface area (Å²) in [5.41, 5.74) is 1.03. The number of amides is 1. The van der Waals surface area contributed by atoms with Crippen LogP contribution in [0.25, 0.3) is 0 Å². The van der Waals surface area contributed by atoms with Gasteiger partial charge in [-0.2, -0.15) is 8.78 Å². The number of ether oxygens (including phenoxy) is 1.